The van der Waals surface area contributed by atoms with Gasteiger partial charge in [0.15, 0.2) is 11.5 Å². The predicted octanol–water partition coefficient (Wildman–Crippen LogP) is 1.59. The number of carboxylic acids is 2. The number of allylic oxidation sites excluding steroid dienone is 1. The highest BCUT2D eigenvalue weighted by molar-refractivity contribution is 6.40. The minimum absolute atomic E-state index is 0.0147. The average Bonchev–Trinajstić information content (AvgIpc) is 2.97. The minimum Gasteiger partial charge on any atom is -0.504 e. The van der Waals surface area contributed by atoms with Crippen molar-refractivity contribution in [1.82, 2.24) is 0 Å². The van der Waals surface area contributed by atoms with Gasteiger partial charge in [-0.15, -0.1) is 0 Å². The first-order chi connectivity index (χ1) is 12.4. The van der Waals surface area contributed by atoms with Gasteiger partial charge in [0.2, 0.25) is 0 Å². The third-order valence-corrected chi connectivity index (χ3v) is 4.37. The second-order valence-electron chi connectivity index (χ2n) is 5.98. The Morgan fingerprint density at radius 2 is 2.12 bits per heavy atom. The van der Waals surface area contributed by atoms with Crippen LogP contribution in [0.4, 0.5) is 5.69 Å². The lowest BCUT2D eigenvalue weighted by atomic mass is 10.1. The Labute approximate surface area is 149 Å². The molecule has 0 aliphatic carbocycles. The van der Waals surface area contributed by atoms with Crippen molar-refractivity contribution in [1.29, 1.82) is 0 Å². The molecule has 1 atom stereocenters. The van der Waals surface area contributed by atoms with E-state index in [-0.39, 0.29) is 23.6 Å². The highest BCUT2D eigenvalue weighted by atomic mass is 16.5. The van der Waals surface area contributed by atoms with Crippen LogP contribution in [-0.4, -0.2) is 52.7 Å². The number of phenolic OH excluding ortho intramolecular Hbond substituents is 1. The first-order valence-corrected chi connectivity index (χ1v) is 7.98. The number of fused-ring (bicyclic) bond motifs is 1. The molecule has 3 rings (SSSR count). The maximum atomic E-state index is 11.6. The Balaban J connectivity index is 1.94. The molecule has 26 heavy (non-hydrogen) atoms. The summed E-state index contributed by atoms with van der Waals surface area (Å²) in [5, 5.41) is 28.5. The summed E-state index contributed by atoms with van der Waals surface area (Å²) in [6.07, 6.45) is 5.62. The second-order valence-corrected chi connectivity index (χ2v) is 5.98. The number of rotatable bonds is 5. The molecular weight excluding hydrogens is 340 g/mol. The summed E-state index contributed by atoms with van der Waals surface area (Å²) in [7, 11) is 1.42. The van der Waals surface area contributed by atoms with Crippen LogP contribution in [0, 0.1) is 0 Å². The van der Waals surface area contributed by atoms with Crippen LogP contribution in [0.3, 0.4) is 0 Å². The lowest BCUT2D eigenvalue weighted by molar-refractivity contribution is -0.138. The molecule has 0 aromatic heterocycles. The third-order valence-electron chi connectivity index (χ3n) is 4.37. The van der Waals surface area contributed by atoms with Crippen molar-refractivity contribution in [2.75, 3.05) is 18.6 Å². The monoisotopic (exact) mass is 358 g/mol. The van der Waals surface area contributed by atoms with Gasteiger partial charge in [-0.3, -0.25) is 4.99 Å². The number of anilines is 1. The van der Waals surface area contributed by atoms with E-state index in [1.807, 2.05) is 0 Å². The quantitative estimate of drug-likeness (QED) is 0.731. The zero-order chi connectivity index (χ0) is 18.8. The molecule has 0 bridgehead atoms. The third kappa shape index (κ3) is 3.26. The number of methoxy groups -OCH3 is 1. The van der Waals surface area contributed by atoms with E-state index in [4.69, 9.17) is 9.84 Å². The van der Waals surface area contributed by atoms with Gasteiger partial charge in [0.25, 0.3) is 0 Å². The molecule has 0 radical (unpaired) electrons. The lowest BCUT2D eigenvalue weighted by Gasteiger charge is -2.21. The number of ether oxygens (including phenoxy) is 1. The Hall–Kier alpha value is -3.29. The second kappa shape index (κ2) is 6.91. The molecule has 2 aliphatic rings. The number of nitrogens with zero attached hydrogens (tertiary/aromatic N) is 2. The van der Waals surface area contributed by atoms with Gasteiger partial charge in [-0.2, -0.15) is 0 Å². The molecule has 0 fully saturated rings. The van der Waals surface area contributed by atoms with E-state index in [2.05, 4.69) is 4.99 Å². The molecule has 8 nitrogen and oxygen atoms in total. The molecule has 3 N–H and O–H groups in total. The van der Waals surface area contributed by atoms with E-state index in [1.54, 1.807) is 23.2 Å². The topological polar surface area (TPSA) is 120 Å². The number of hydrogen-bond donors (Lipinski definition) is 3. The standard InChI is InChI=1S/C18H18N2O6/c1-26-16-9-13-11(8-15(16)21)7-14(18(24)25)20(13)5-3-10-2-4-19-12(6-10)17(22)23/h3,5-6,8-9,14,21H,2,4,7H2,1H3,(H,22,23)(H,24,25)/b5-3+/t14-/m0/s1. The van der Waals surface area contributed by atoms with Crippen LogP contribution in [0.1, 0.15) is 12.0 Å². The maximum absolute atomic E-state index is 11.6. The van der Waals surface area contributed by atoms with E-state index < -0.39 is 18.0 Å². The normalized spacial score (nSPS) is 19.1. The van der Waals surface area contributed by atoms with Gasteiger partial charge in [-0.1, -0.05) is 0 Å². The largest absolute Gasteiger partial charge is 0.504 e. The number of carbonyl (C=O) groups is 2. The number of aliphatic imine (C=N–C) groups is 1. The van der Waals surface area contributed by atoms with Gasteiger partial charge in [0, 0.05) is 30.9 Å². The number of aliphatic carboxylic acids is 2. The molecule has 8 heteroatoms. The molecule has 136 valence electrons. The predicted molar refractivity (Wildman–Crippen MR) is 94.0 cm³/mol. The highest BCUT2D eigenvalue weighted by Crippen LogP contribution is 2.40. The average molecular weight is 358 g/mol. The van der Waals surface area contributed by atoms with Crippen molar-refractivity contribution < 1.29 is 29.6 Å². The fraction of sp³-hybridized carbons (Fsp3) is 0.278. The Morgan fingerprint density at radius 3 is 2.77 bits per heavy atom. The van der Waals surface area contributed by atoms with Crippen molar-refractivity contribution in [3.8, 4) is 11.5 Å². The molecule has 1 aromatic rings. The van der Waals surface area contributed by atoms with Crippen molar-refractivity contribution in [2.24, 2.45) is 4.99 Å². The zero-order valence-corrected chi connectivity index (χ0v) is 14.0. The number of hydrogen-bond acceptors (Lipinski definition) is 6. The summed E-state index contributed by atoms with van der Waals surface area (Å²) in [4.78, 5) is 28.2. The molecular formula is C18H18N2O6. The smallest absolute Gasteiger partial charge is 0.354 e. The number of aromatic hydroxyl groups is 1. The molecule has 0 saturated carbocycles. The maximum Gasteiger partial charge on any atom is 0.354 e. The molecule has 2 heterocycles. The summed E-state index contributed by atoms with van der Waals surface area (Å²) in [5.74, 6) is -1.87. The van der Waals surface area contributed by atoms with Gasteiger partial charge in [-0.25, -0.2) is 9.59 Å². The molecule has 0 amide bonds. The number of phenols is 1. The van der Waals surface area contributed by atoms with Crippen molar-refractivity contribution in [3.05, 3.63) is 41.6 Å². The summed E-state index contributed by atoms with van der Waals surface area (Å²) in [6.45, 7) is 0.373. The van der Waals surface area contributed by atoms with E-state index in [1.165, 1.54) is 19.3 Å². The minimum atomic E-state index is -1.09. The molecule has 0 saturated heterocycles. The first-order valence-electron chi connectivity index (χ1n) is 7.98. The summed E-state index contributed by atoms with van der Waals surface area (Å²) in [5.41, 5.74) is 2.07. The first kappa shape index (κ1) is 17.5. The Kier molecular flexibility index (Phi) is 4.66. The van der Waals surface area contributed by atoms with E-state index in [0.717, 1.165) is 5.57 Å². The molecule has 1 aromatic carbocycles. The van der Waals surface area contributed by atoms with Gasteiger partial charge < -0.3 is 25.0 Å². The summed E-state index contributed by atoms with van der Waals surface area (Å²) < 4.78 is 5.11. The number of carboxylic acid groups (broad SMARTS) is 2. The van der Waals surface area contributed by atoms with Crippen LogP contribution < -0.4 is 9.64 Å². The van der Waals surface area contributed by atoms with Crippen molar-refractivity contribution in [2.45, 2.75) is 18.9 Å². The zero-order valence-electron chi connectivity index (χ0n) is 14.0. The molecule has 2 aliphatic heterocycles. The SMILES string of the molecule is COc1cc2c(cc1O)C[C@@H](C(=O)O)N2/C=C/C1=CC(C(=O)O)=NCC1. The van der Waals surface area contributed by atoms with Crippen LogP contribution in [0.25, 0.3) is 0 Å². The highest BCUT2D eigenvalue weighted by Gasteiger charge is 2.34. The Morgan fingerprint density at radius 1 is 1.35 bits per heavy atom. The Bertz CT molecular complexity index is 855. The molecule has 0 unspecified atom stereocenters. The van der Waals surface area contributed by atoms with Gasteiger partial charge in [-0.05, 0) is 35.8 Å². The fourth-order valence-electron chi connectivity index (χ4n) is 3.07. The van der Waals surface area contributed by atoms with Crippen molar-refractivity contribution in [3.63, 3.8) is 0 Å². The van der Waals surface area contributed by atoms with E-state index >= 15 is 0 Å². The molecule has 0 spiro atoms. The van der Waals surface area contributed by atoms with Crippen LogP contribution in [-0.2, 0) is 16.0 Å². The van der Waals surface area contributed by atoms with Gasteiger partial charge in [0.05, 0.1) is 7.11 Å². The fourth-order valence-corrected chi connectivity index (χ4v) is 3.07. The van der Waals surface area contributed by atoms with E-state index in [9.17, 15) is 19.8 Å². The summed E-state index contributed by atoms with van der Waals surface area (Å²) in [6, 6.07) is 2.29. The van der Waals surface area contributed by atoms with Crippen LogP contribution >= 0.6 is 0 Å². The van der Waals surface area contributed by atoms with Gasteiger partial charge >= 0.3 is 11.9 Å². The van der Waals surface area contributed by atoms with E-state index in [0.29, 0.717) is 24.2 Å². The number of dihydropyridines is 1. The van der Waals surface area contributed by atoms with Gasteiger partial charge in [0.1, 0.15) is 11.8 Å². The number of benzene rings is 1. The van der Waals surface area contributed by atoms with Crippen LogP contribution in [0.2, 0.25) is 0 Å². The summed E-state index contributed by atoms with van der Waals surface area (Å²) >= 11 is 0. The van der Waals surface area contributed by atoms with Crippen LogP contribution in [0.5, 0.6) is 11.5 Å². The van der Waals surface area contributed by atoms with Crippen LogP contribution in [0.15, 0.2) is 41.1 Å². The van der Waals surface area contributed by atoms with Crippen molar-refractivity contribution >= 4 is 23.3 Å². The lowest BCUT2D eigenvalue weighted by Crippen LogP contribution is -2.34.